The predicted molar refractivity (Wildman–Crippen MR) is 119 cm³/mol. The van der Waals surface area contributed by atoms with Crippen molar-refractivity contribution in [1.29, 1.82) is 0 Å². The Bertz CT molecular complexity index is 990. The van der Waals surface area contributed by atoms with E-state index in [1.54, 1.807) is 43.5 Å². The molecule has 7 nitrogen and oxygen atoms in total. The van der Waals surface area contributed by atoms with Crippen molar-refractivity contribution < 1.29 is 14.3 Å². The number of amides is 3. The van der Waals surface area contributed by atoms with Gasteiger partial charge < -0.3 is 15.4 Å². The second kappa shape index (κ2) is 10.6. The molecule has 0 aliphatic heterocycles. The first-order valence-corrected chi connectivity index (χ1v) is 10.4. The number of nitrogens with one attached hydrogen (secondary N) is 3. The van der Waals surface area contributed by atoms with Gasteiger partial charge in [0.15, 0.2) is 5.13 Å². The van der Waals surface area contributed by atoms with Crippen molar-refractivity contribution in [1.82, 2.24) is 10.3 Å². The van der Waals surface area contributed by atoms with Crippen LogP contribution in [-0.4, -0.2) is 24.0 Å². The number of rotatable bonds is 8. The third-order valence-corrected chi connectivity index (χ3v) is 5.19. The maximum Gasteiger partial charge on any atom is 0.325 e. The van der Waals surface area contributed by atoms with E-state index in [0.717, 1.165) is 11.3 Å². The largest absolute Gasteiger partial charge is 0.497 e. The molecule has 3 amide bonds. The number of urea groups is 1. The Kier molecular flexibility index (Phi) is 7.64. The van der Waals surface area contributed by atoms with Crippen molar-refractivity contribution >= 4 is 45.7 Å². The summed E-state index contributed by atoms with van der Waals surface area (Å²) in [5, 5.41) is 11.2. The van der Waals surface area contributed by atoms with Crippen LogP contribution in [0.25, 0.3) is 0 Å². The van der Waals surface area contributed by atoms with Crippen molar-refractivity contribution in [2.45, 2.75) is 19.4 Å². The lowest BCUT2D eigenvalue weighted by molar-refractivity contribution is -0.121. The second-order valence-corrected chi connectivity index (χ2v) is 7.65. The van der Waals surface area contributed by atoms with Gasteiger partial charge in [-0.3, -0.25) is 10.1 Å². The fourth-order valence-corrected chi connectivity index (χ4v) is 3.41. The standard InChI is InChI=1S/C21H21ClN4O3S/c1-29-18-9-6-16(7-10-18)24-20(28)26-21-25-17(13-30-21)8-11-19(27)23-12-14-2-4-15(22)5-3-14/h2-7,9-10,13H,8,11-12H2,1H3,(H,23,27)(H2,24,25,26,28). The van der Waals surface area contributed by atoms with Crippen molar-refractivity contribution in [3.05, 3.63) is 70.2 Å². The molecule has 0 saturated carbocycles. The maximum absolute atomic E-state index is 12.1. The first-order chi connectivity index (χ1) is 14.5. The van der Waals surface area contributed by atoms with Gasteiger partial charge in [-0.05, 0) is 48.4 Å². The predicted octanol–water partition coefficient (Wildman–Crippen LogP) is 4.70. The Hall–Kier alpha value is -3.10. The molecule has 0 unspecified atom stereocenters. The molecule has 1 aromatic heterocycles. The number of aromatic nitrogens is 1. The van der Waals surface area contributed by atoms with E-state index in [1.165, 1.54) is 11.3 Å². The number of thiazole rings is 1. The highest BCUT2D eigenvalue weighted by Crippen LogP contribution is 2.18. The van der Waals surface area contributed by atoms with Crippen LogP contribution in [0.2, 0.25) is 5.02 Å². The molecule has 0 aliphatic carbocycles. The lowest BCUT2D eigenvalue weighted by Crippen LogP contribution is -2.23. The van der Waals surface area contributed by atoms with E-state index < -0.39 is 0 Å². The maximum atomic E-state index is 12.1. The first kappa shape index (κ1) is 21.6. The van der Waals surface area contributed by atoms with Gasteiger partial charge in [0.05, 0.1) is 12.8 Å². The first-order valence-electron chi connectivity index (χ1n) is 9.19. The van der Waals surface area contributed by atoms with Gasteiger partial charge in [0, 0.05) is 29.1 Å². The summed E-state index contributed by atoms with van der Waals surface area (Å²) in [6.45, 7) is 0.450. The van der Waals surface area contributed by atoms with E-state index in [1.807, 2.05) is 17.5 Å². The molecule has 0 radical (unpaired) electrons. The Morgan fingerprint density at radius 3 is 2.50 bits per heavy atom. The van der Waals surface area contributed by atoms with E-state index in [0.29, 0.717) is 41.0 Å². The smallest absolute Gasteiger partial charge is 0.325 e. The van der Waals surface area contributed by atoms with Crippen LogP contribution in [0.4, 0.5) is 15.6 Å². The minimum atomic E-state index is -0.387. The lowest BCUT2D eigenvalue weighted by Gasteiger charge is -2.06. The van der Waals surface area contributed by atoms with E-state index >= 15 is 0 Å². The molecule has 3 aromatic rings. The highest BCUT2D eigenvalue weighted by Gasteiger charge is 2.09. The number of nitrogens with zero attached hydrogens (tertiary/aromatic N) is 1. The summed E-state index contributed by atoms with van der Waals surface area (Å²) in [5.74, 6) is 0.646. The molecule has 0 atom stereocenters. The number of ether oxygens (including phenoxy) is 1. The Balaban J connectivity index is 1.41. The Morgan fingerprint density at radius 1 is 1.07 bits per heavy atom. The van der Waals surface area contributed by atoms with Gasteiger partial charge in [0.2, 0.25) is 5.91 Å². The summed E-state index contributed by atoms with van der Waals surface area (Å²) in [6.07, 6.45) is 0.805. The number of anilines is 2. The normalized spacial score (nSPS) is 10.3. The number of carbonyl (C=O) groups is 2. The summed E-state index contributed by atoms with van der Waals surface area (Å²) in [4.78, 5) is 28.5. The molecule has 0 bridgehead atoms. The molecule has 0 spiro atoms. The van der Waals surface area contributed by atoms with Crippen LogP contribution in [0, 0.1) is 0 Å². The SMILES string of the molecule is COc1ccc(NC(=O)Nc2nc(CCC(=O)NCc3ccc(Cl)cc3)cs2)cc1. The van der Waals surface area contributed by atoms with Gasteiger partial charge in [-0.2, -0.15) is 0 Å². The molecule has 9 heteroatoms. The minimum absolute atomic E-state index is 0.0651. The molecule has 3 N–H and O–H groups in total. The van der Waals surface area contributed by atoms with E-state index in [2.05, 4.69) is 20.9 Å². The minimum Gasteiger partial charge on any atom is -0.497 e. The molecular formula is C21H21ClN4O3S. The zero-order valence-electron chi connectivity index (χ0n) is 16.3. The third-order valence-electron chi connectivity index (χ3n) is 4.13. The third kappa shape index (κ3) is 6.75. The topological polar surface area (TPSA) is 92.3 Å². The van der Waals surface area contributed by atoms with Crippen LogP contribution in [-0.2, 0) is 17.8 Å². The average molecular weight is 445 g/mol. The van der Waals surface area contributed by atoms with Crippen LogP contribution in [0.1, 0.15) is 17.7 Å². The molecule has 156 valence electrons. The number of hydrogen-bond donors (Lipinski definition) is 3. The molecule has 3 rings (SSSR count). The van der Waals surface area contributed by atoms with Gasteiger partial charge in [-0.25, -0.2) is 9.78 Å². The summed E-state index contributed by atoms with van der Waals surface area (Å²) >= 11 is 7.16. The zero-order valence-corrected chi connectivity index (χ0v) is 17.8. The second-order valence-electron chi connectivity index (χ2n) is 6.35. The van der Waals surface area contributed by atoms with E-state index in [4.69, 9.17) is 16.3 Å². The molecule has 0 aliphatic rings. The summed E-state index contributed by atoms with van der Waals surface area (Å²) in [5.41, 5.74) is 2.37. The molecule has 2 aromatic carbocycles. The molecule has 0 fully saturated rings. The van der Waals surface area contributed by atoms with Gasteiger partial charge in [0.25, 0.3) is 0 Å². The van der Waals surface area contributed by atoms with Crippen LogP contribution in [0.5, 0.6) is 5.75 Å². The number of halogens is 1. The highest BCUT2D eigenvalue weighted by atomic mass is 35.5. The van der Waals surface area contributed by atoms with Crippen LogP contribution in [0.3, 0.4) is 0 Å². The number of methoxy groups -OCH3 is 1. The van der Waals surface area contributed by atoms with Crippen molar-refractivity contribution in [3.8, 4) is 5.75 Å². The van der Waals surface area contributed by atoms with E-state index in [9.17, 15) is 9.59 Å². The summed E-state index contributed by atoms with van der Waals surface area (Å²) in [7, 11) is 1.58. The average Bonchev–Trinajstić information content (AvgIpc) is 3.19. The fourth-order valence-electron chi connectivity index (χ4n) is 2.55. The van der Waals surface area contributed by atoms with Gasteiger partial charge in [0.1, 0.15) is 5.75 Å². The van der Waals surface area contributed by atoms with Crippen molar-refractivity contribution in [3.63, 3.8) is 0 Å². The fraction of sp³-hybridized carbons (Fsp3) is 0.190. The monoisotopic (exact) mass is 444 g/mol. The molecule has 30 heavy (non-hydrogen) atoms. The Labute approximate surface area is 183 Å². The van der Waals surface area contributed by atoms with Gasteiger partial charge in [-0.1, -0.05) is 23.7 Å². The van der Waals surface area contributed by atoms with Crippen LogP contribution < -0.4 is 20.7 Å². The number of carbonyl (C=O) groups excluding carboxylic acids is 2. The molecule has 1 heterocycles. The van der Waals surface area contributed by atoms with Crippen LogP contribution >= 0.6 is 22.9 Å². The van der Waals surface area contributed by atoms with Crippen LogP contribution in [0.15, 0.2) is 53.9 Å². The van der Waals surface area contributed by atoms with Gasteiger partial charge in [-0.15, -0.1) is 11.3 Å². The zero-order chi connectivity index (χ0) is 21.3. The summed E-state index contributed by atoms with van der Waals surface area (Å²) in [6, 6.07) is 13.9. The van der Waals surface area contributed by atoms with Crippen molar-refractivity contribution in [2.75, 3.05) is 17.7 Å². The highest BCUT2D eigenvalue weighted by molar-refractivity contribution is 7.13. The van der Waals surface area contributed by atoms with Crippen molar-refractivity contribution in [2.24, 2.45) is 0 Å². The number of benzene rings is 2. The number of aryl methyl sites for hydroxylation is 1. The summed E-state index contributed by atoms with van der Waals surface area (Å²) < 4.78 is 5.08. The lowest BCUT2D eigenvalue weighted by atomic mass is 10.2. The van der Waals surface area contributed by atoms with Gasteiger partial charge >= 0.3 is 6.03 Å². The Morgan fingerprint density at radius 2 is 1.80 bits per heavy atom. The number of hydrogen-bond acceptors (Lipinski definition) is 5. The molecular weight excluding hydrogens is 424 g/mol. The molecule has 0 saturated heterocycles. The quantitative estimate of drug-likeness (QED) is 0.469. The van der Waals surface area contributed by atoms with E-state index in [-0.39, 0.29) is 11.9 Å².